The molecule has 2 nitrogen and oxygen atoms in total. The van der Waals surface area contributed by atoms with Gasteiger partial charge < -0.3 is 10.1 Å². The number of rotatable bonds is 1. The Bertz CT molecular complexity index is 223. The second kappa shape index (κ2) is 5.08. The molecule has 0 aliphatic rings. The van der Waals surface area contributed by atoms with Crippen LogP contribution in [0.4, 0.5) is 0 Å². The van der Waals surface area contributed by atoms with Gasteiger partial charge in [-0.25, -0.2) is 0 Å². The van der Waals surface area contributed by atoms with Crippen LogP contribution < -0.4 is 0 Å². The van der Waals surface area contributed by atoms with Crippen LogP contribution in [0.15, 0.2) is 24.3 Å². The van der Waals surface area contributed by atoms with Crippen LogP contribution in [0.5, 0.6) is 0 Å². The van der Waals surface area contributed by atoms with Crippen molar-refractivity contribution in [3.63, 3.8) is 0 Å². The maximum Gasteiger partial charge on any atom is 2.00 e. The maximum atomic E-state index is 10.8. The Labute approximate surface area is 80.3 Å². The third-order valence-electron chi connectivity index (χ3n) is 1.14. The summed E-state index contributed by atoms with van der Waals surface area (Å²) in [6.07, 6.45) is 0. The molecule has 0 N–H and O–H groups in total. The van der Waals surface area contributed by atoms with Crippen molar-refractivity contribution in [3.05, 3.63) is 41.2 Å². The van der Waals surface area contributed by atoms with E-state index in [0.717, 1.165) is 0 Å². The van der Waals surface area contributed by atoms with Gasteiger partial charge in [0.15, 0.2) is 0 Å². The van der Waals surface area contributed by atoms with E-state index >= 15 is 0 Å². The van der Waals surface area contributed by atoms with Crippen molar-refractivity contribution in [1.29, 1.82) is 0 Å². The summed E-state index contributed by atoms with van der Waals surface area (Å²) in [5, 5.41) is 3.49. The van der Waals surface area contributed by atoms with Gasteiger partial charge in [0.05, 0.1) is 0 Å². The first-order chi connectivity index (χ1) is 4.84. The summed E-state index contributed by atoms with van der Waals surface area (Å²) >= 11 is 0. The van der Waals surface area contributed by atoms with Crippen molar-refractivity contribution in [2.45, 2.75) is 0 Å². The van der Waals surface area contributed by atoms with Gasteiger partial charge in [-0.3, -0.25) is 0 Å². The summed E-state index contributed by atoms with van der Waals surface area (Å²) < 4.78 is 0. The van der Waals surface area contributed by atoms with Gasteiger partial charge >= 0.3 is 21.1 Å². The van der Waals surface area contributed by atoms with Gasteiger partial charge in [0.1, 0.15) is 0 Å². The smallest absolute Gasteiger partial charge is 0.697 e. The van der Waals surface area contributed by atoms with Crippen molar-refractivity contribution >= 4 is 5.91 Å². The Balaban J connectivity index is 0.000001000. The normalized spacial score (nSPS) is 8.09. The molecule has 0 saturated heterocycles. The van der Waals surface area contributed by atoms with E-state index in [-0.39, 0.29) is 27.0 Å². The van der Waals surface area contributed by atoms with Crippen molar-refractivity contribution in [1.82, 2.24) is 0 Å². The van der Waals surface area contributed by atoms with Crippen LogP contribution in [0.3, 0.4) is 0 Å². The molecule has 1 aromatic carbocycles. The first-order valence-corrected chi connectivity index (χ1v) is 2.95. The molecule has 1 rings (SSSR count). The summed E-state index contributed by atoms with van der Waals surface area (Å²) in [7, 11) is 1.48. The largest absolute Gasteiger partial charge is 2.00 e. The Morgan fingerprint density at radius 3 is 2.73 bits per heavy atom. The molecule has 0 heterocycles. The molecule has 0 saturated carbocycles. The van der Waals surface area contributed by atoms with Crippen LogP contribution in [0.2, 0.25) is 0 Å². The molecule has 0 bridgehead atoms. The van der Waals surface area contributed by atoms with Gasteiger partial charge in [-0.1, -0.05) is 0 Å². The number of hydrogen-bond acceptors (Lipinski definition) is 1. The Morgan fingerprint density at radius 1 is 1.55 bits per heavy atom. The summed E-state index contributed by atoms with van der Waals surface area (Å²) in [6.45, 7) is 0. The van der Waals surface area contributed by atoms with Gasteiger partial charge in [0.2, 0.25) is 0 Å². The minimum absolute atomic E-state index is 0. The van der Waals surface area contributed by atoms with Crippen molar-refractivity contribution in [2.75, 3.05) is 7.05 Å². The van der Waals surface area contributed by atoms with E-state index in [4.69, 9.17) is 0 Å². The van der Waals surface area contributed by atoms with Crippen LogP contribution >= 0.6 is 0 Å². The van der Waals surface area contributed by atoms with E-state index in [1.807, 2.05) is 6.07 Å². The molecular formula is C8H7NOW. The van der Waals surface area contributed by atoms with Gasteiger partial charge in [-0.05, 0) is 5.91 Å². The molecule has 0 spiro atoms. The van der Waals surface area contributed by atoms with E-state index in [1.165, 1.54) is 7.05 Å². The summed E-state index contributed by atoms with van der Waals surface area (Å²) in [5.41, 5.74) is 0.519. The molecule has 11 heavy (non-hydrogen) atoms. The second-order valence-corrected chi connectivity index (χ2v) is 1.81. The zero-order chi connectivity index (χ0) is 7.40. The number of hydrogen-bond donors (Lipinski definition) is 0. The van der Waals surface area contributed by atoms with E-state index in [9.17, 15) is 4.79 Å². The third-order valence-corrected chi connectivity index (χ3v) is 1.14. The SMILES string of the molecule is C[N-]C(=O)c1[c-]cccc1.[W+2]. The summed E-state index contributed by atoms with van der Waals surface area (Å²) in [6, 6.07) is 9.76. The quantitative estimate of drug-likeness (QED) is 0.725. The molecule has 56 valence electrons. The van der Waals surface area contributed by atoms with Crippen LogP contribution in [0.25, 0.3) is 5.32 Å². The average Bonchev–Trinajstić information content (AvgIpc) is 2.05. The Morgan fingerprint density at radius 2 is 2.27 bits per heavy atom. The molecule has 0 radical (unpaired) electrons. The minimum Gasteiger partial charge on any atom is -0.697 e. The second-order valence-electron chi connectivity index (χ2n) is 1.81. The van der Waals surface area contributed by atoms with E-state index in [0.29, 0.717) is 5.56 Å². The molecule has 0 unspecified atom stereocenters. The number of carbonyl (C=O) groups excluding carboxylic acids is 1. The predicted molar refractivity (Wildman–Crippen MR) is 38.9 cm³/mol. The predicted octanol–water partition coefficient (Wildman–Crippen LogP) is 1.63. The topological polar surface area (TPSA) is 31.2 Å². The number of amides is 1. The van der Waals surface area contributed by atoms with Crippen molar-refractivity contribution in [2.24, 2.45) is 0 Å². The molecule has 0 aliphatic heterocycles. The van der Waals surface area contributed by atoms with Crippen molar-refractivity contribution in [3.8, 4) is 0 Å². The Kier molecular flexibility index (Phi) is 4.80. The van der Waals surface area contributed by atoms with Crippen LogP contribution in [0, 0.1) is 6.07 Å². The monoisotopic (exact) mass is 317 g/mol. The Hall–Kier alpha value is -0.622. The van der Waals surface area contributed by atoms with Gasteiger partial charge in [-0.2, -0.15) is 0 Å². The summed E-state index contributed by atoms with van der Waals surface area (Å²) in [5.74, 6) is -0.222. The molecule has 0 aromatic heterocycles. The minimum atomic E-state index is -0.222. The summed E-state index contributed by atoms with van der Waals surface area (Å²) in [4.78, 5) is 10.8. The zero-order valence-corrected chi connectivity index (χ0v) is 9.01. The number of benzene rings is 1. The number of carbonyl (C=O) groups is 1. The maximum absolute atomic E-state index is 10.8. The van der Waals surface area contributed by atoms with Crippen LogP contribution in [0.1, 0.15) is 10.4 Å². The molecule has 0 atom stereocenters. The standard InChI is InChI=1S/C8H8NO.W/c1-9-8(10)7-5-3-2-4-6-7;/h2-5H,1H3,(H,9,10);/q-1;+2/p-1. The number of nitrogens with zero attached hydrogens (tertiary/aromatic N) is 1. The van der Waals surface area contributed by atoms with Crippen LogP contribution in [-0.4, -0.2) is 13.0 Å². The molecule has 0 aliphatic carbocycles. The molecule has 1 aromatic rings. The first kappa shape index (κ1) is 10.4. The van der Waals surface area contributed by atoms with Crippen molar-refractivity contribution < 1.29 is 25.9 Å². The molecule has 3 heteroatoms. The zero-order valence-electron chi connectivity index (χ0n) is 6.07. The van der Waals surface area contributed by atoms with E-state index in [2.05, 4.69) is 11.4 Å². The fourth-order valence-electron chi connectivity index (χ4n) is 0.647. The fourth-order valence-corrected chi connectivity index (χ4v) is 0.647. The van der Waals surface area contributed by atoms with Gasteiger partial charge in [0.25, 0.3) is 0 Å². The molecule has 1 amide bonds. The average molecular weight is 317 g/mol. The first-order valence-electron chi connectivity index (χ1n) is 2.95. The van der Waals surface area contributed by atoms with Crippen LogP contribution in [-0.2, 0) is 21.1 Å². The van der Waals surface area contributed by atoms with E-state index in [1.54, 1.807) is 18.2 Å². The third kappa shape index (κ3) is 2.85. The molecule has 0 fully saturated rings. The van der Waals surface area contributed by atoms with Gasteiger partial charge in [-0.15, -0.1) is 42.9 Å². The van der Waals surface area contributed by atoms with E-state index < -0.39 is 0 Å². The fraction of sp³-hybridized carbons (Fsp3) is 0.125. The molecular weight excluding hydrogens is 310 g/mol. The van der Waals surface area contributed by atoms with Gasteiger partial charge in [0, 0.05) is 0 Å².